The molecule has 1 unspecified atom stereocenters. The Hall–Kier alpha value is -2.49. The number of amides is 2. The van der Waals surface area contributed by atoms with Crippen molar-refractivity contribution in [3.8, 4) is 0 Å². The highest BCUT2D eigenvalue weighted by Gasteiger charge is 2.28. The molecule has 0 bridgehead atoms. The van der Waals surface area contributed by atoms with Crippen molar-refractivity contribution >= 4 is 42.2 Å². The number of thioether (sulfide) groups is 1. The number of aliphatic carboxylic acids is 1. The summed E-state index contributed by atoms with van der Waals surface area (Å²) in [5, 5.41) is 15.2. The minimum absolute atomic E-state index is 0.0372. The molecule has 0 heterocycles. The zero-order chi connectivity index (χ0) is 26.3. The fraction of sp³-hybridized carbons (Fsp3) is 0.444. The van der Waals surface area contributed by atoms with Crippen molar-refractivity contribution in [2.45, 2.75) is 43.7 Å². The third-order valence-electron chi connectivity index (χ3n) is 6.08. The second-order valence-electron chi connectivity index (χ2n) is 8.71. The summed E-state index contributed by atoms with van der Waals surface area (Å²) in [7, 11) is 0. The van der Waals surface area contributed by atoms with Crippen molar-refractivity contribution in [2.24, 2.45) is 11.7 Å². The maximum absolute atomic E-state index is 13.4. The Bertz CT molecular complexity index is 907. The maximum Gasteiger partial charge on any atom is 0.326 e. The van der Waals surface area contributed by atoms with Crippen LogP contribution < -0.4 is 16.4 Å². The van der Waals surface area contributed by atoms with Crippen LogP contribution >= 0.6 is 24.4 Å². The van der Waals surface area contributed by atoms with Gasteiger partial charge in [-0.2, -0.15) is 24.4 Å². The summed E-state index contributed by atoms with van der Waals surface area (Å²) < 4.78 is 0. The summed E-state index contributed by atoms with van der Waals surface area (Å²) in [6.07, 6.45) is 3.82. The molecule has 36 heavy (non-hydrogen) atoms. The van der Waals surface area contributed by atoms with Gasteiger partial charge in [-0.1, -0.05) is 60.7 Å². The first-order chi connectivity index (χ1) is 17.4. The fourth-order valence-corrected chi connectivity index (χ4v) is 4.67. The van der Waals surface area contributed by atoms with Crippen molar-refractivity contribution in [3.05, 3.63) is 71.8 Å². The molecule has 2 amide bonds. The summed E-state index contributed by atoms with van der Waals surface area (Å²) in [6.45, 7) is 0.375. The highest BCUT2D eigenvalue weighted by Crippen LogP contribution is 2.32. The average molecular weight is 532 g/mol. The molecular weight excluding hydrogens is 494 g/mol. The molecule has 2 aromatic rings. The van der Waals surface area contributed by atoms with Gasteiger partial charge in [0.2, 0.25) is 11.8 Å². The third-order valence-corrected chi connectivity index (χ3v) is 7.12. The van der Waals surface area contributed by atoms with E-state index < -0.39 is 24.0 Å². The Morgan fingerprint density at radius 1 is 0.972 bits per heavy atom. The van der Waals surface area contributed by atoms with Gasteiger partial charge < -0.3 is 21.5 Å². The molecule has 2 aromatic carbocycles. The third kappa shape index (κ3) is 9.87. The van der Waals surface area contributed by atoms with E-state index in [-0.39, 0.29) is 23.5 Å². The number of rotatable bonds is 16. The van der Waals surface area contributed by atoms with Gasteiger partial charge in [-0.15, -0.1) is 0 Å². The molecule has 0 aliphatic rings. The van der Waals surface area contributed by atoms with E-state index in [1.54, 1.807) is 11.8 Å². The van der Waals surface area contributed by atoms with Gasteiger partial charge in [0.15, 0.2) is 0 Å². The standard InChI is InChI=1S/C27H37N3O4S2/c1-36-16-14-24(27(33)34)30-25(31)21(13-8-15-29-26(32)23(28)18-35)17-22(19-9-4-2-5-10-19)20-11-6-3-7-12-20/h2-7,9-12,21-24,35H,8,13-18,28H2,1H3,(H,29,32)(H,30,31)(H,33,34)/t21?,23-,24-/m0/s1. The lowest BCUT2D eigenvalue weighted by Crippen LogP contribution is -2.44. The number of hydrogen-bond acceptors (Lipinski definition) is 6. The van der Waals surface area contributed by atoms with Crippen LogP contribution in [0.25, 0.3) is 0 Å². The molecule has 7 nitrogen and oxygen atoms in total. The van der Waals surface area contributed by atoms with Crippen molar-refractivity contribution in [1.82, 2.24) is 10.6 Å². The van der Waals surface area contributed by atoms with Crippen LogP contribution in [0.15, 0.2) is 60.7 Å². The number of carboxylic acid groups (broad SMARTS) is 1. The predicted molar refractivity (Wildman–Crippen MR) is 149 cm³/mol. The normalized spacial score (nSPS) is 13.6. The van der Waals surface area contributed by atoms with Crippen LogP contribution in [0.5, 0.6) is 0 Å². The molecule has 3 atom stereocenters. The van der Waals surface area contributed by atoms with E-state index in [4.69, 9.17) is 5.73 Å². The van der Waals surface area contributed by atoms with E-state index in [2.05, 4.69) is 23.3 Å². The second kappa shape index (κ2) is 16.3. The van der Waals surface area contributed by atoms with Gasteiger partial charge in [-0.25, -0.2) is 4.79 Å². The molecule has 0 aromatic heterocycles. The Morgan fingerprint density at radius 2 is 1.56 bits per heavy atom. The van der Waals surface area contributed by atoms with E-state index in [1.165, 1.54) is 0 Å². The molecule has 0 saturated heterocycles. The van der Waals surface area contributed by atoms with Gasteiger partial charge in [0, 0.05) is 24.1 Å². The van der Waals surface area contributed by atoms with Crippen LogP contribution in [0.4, 0.5) is 0 Å². The SMILES string of the molecule is CSCC[C@H](NC(=O)C(CCCNC(=O)[C@@H](N)CS)CC(c1ccccc1)c1ccccc1)C(=O)O. The number of carboxylic acids is 1. The first-order valence-corrected chi connectivity index (χ1v) is 14.2. The van der Waals surface area contributed by atoms with Crippen molar-refractivity contribution in [2.75, 3.05) is 24.3 Å². The number of benzene rings is 2. The second-order valence-corrected chi connectivity index (χ2v) is 10.1. The Balaban J connectivity index is 2.22. The highest BCUT2D eigenvalue weighted by molar-refractivity contribution is 7.98. The number of carbonyl (C=O) groups excluding carboxylic acids is 2. The van der Waals surface area contributed by atoms with Crippen LogP contribution in [0.3, 0.4) is 0 Å². The van der Waals surface area contributed by atoms with Crippen LogP contribution in [0, 0.1) is 5.92 Å². The van der Waals surface area contributed by atoms with Crippen molar-refractivity contribution in [3.63, 3.8) is 0 Å². The van der Waals surface area contributed by atoms with Gasteiger partial charge in [-0.05, 0) is 48.8 Å². The Morgan fingerprint density at radius 3 is 2.06 bits per heavy atom. The summed E-state index contributed by atoms with van der Waals surface area (Å²) in [4.78, 5) is 37.2. The summed E-state index contributed by atoms with van der Waals surface area (Å²) in [5.74, 6) is -1.19. The number of carbonyl (C=O) groups is 3. The van der Waals surface area contributed by atoms with E-state index >= 15 is 0 Å². The number of thiol groups is 1. The van der Waals surface area contributed by atoms with Crippen molar-refractivity contribution in [1.29, 1.82) is 0 Å². The molecule has 0 radical (unpaired) electrons. The molecule has 0 aliphatic heterocycles. The lowest BCUT2D eigenvalue weighted by atomic mass is 9.81. The first kappa shape index (κ1) is 29.7. The maximum atomic E-state index is 13.4. The zero-order valence-electron chi connectivity index (χ0n) is 20.6. The minimum atomic E-state index is -1.04. The smallest absolute Gasteiger partial charge is 0.326 e. The molecule has 5 N–H and O–H groups in total. The molecule has 0 fully saturated rings. The van der Waals surface area contributed by atoms with Crippen molar-refractivity contribution < 1.29 is 19.5 Å². The quantitative estimate of drug-likeness (QED) is 0.167. The van der Waals surface area contributed by atoms with Crippen LogP contribution in [-0.2, 0) is 14.4 Å². The molecule has 0 saturated carbocycles. The van der Waals surface area contributed by atoms with Gasteiger partial charge in [0.1, 0.15) is 6.04 Å². The highest BCUT2D eigenvalue weighted by atomic mass is 32.2. The lowest BCUT2D eigenvalue weighted by Gasteiger charge is -2.26. The molecular formula is C27H37N3O4S2. The molecule has 196 valence electrons. The van der Waals surface area contributed by atoms with E-state index in [0.717, 1.165) is 11.1 Å². The number of nitrogens with two attached hydrogens (primary N) is 1. The Labute approximate surface area is 223 Å². The van der Waals surface area contributed by atoms with Gasteiger partial charge in [0.05, 0.1) is 6.04 Å². The van der Waals surface area contributed by atoms with E-state index in [0.29, 0.717) is 38.0 Å². The molecule has 0 aliphatic carbocycles. The first-order valence-electron chi connectivity index (χ1n) is 12.1. The van der Waals surface area contributed by atoms with E-state index in [1.807, 2.05) is 66.9 Å². The van der Waals surface area contributed by atoms with E-state index in [9.17, 15) is 19.5 Å². The van der Waals surface area contributed by atoms with Gasteiger partial charge >= 0.3 is 5.97 Å². The average Bonchev–Trinajstić information content (AvgIpc) is 2.90. The van der Waals surface area contributed by atoms with Crippen LogP contribution in [0.2, 0.25) is 0 Å². The van der Waals surface area contributed by atoms with Crippen LogP contribution in [-0.4, -0.2) is 59.3 Å². The summed E-state index contributed by atoms with van der Waals surface area (Å²) in [5.41, 5.74) is 7.89. The molecule has 9 heteroatoms. The largest absolute Gasteiger partial charge is 0.480 e. The summed E-state index contributed by atoms with van der Waals surface area (Å²) >= 11 is 5.59. The predicted octanol–water partition coefficient (Wildman–Crippen LogP) is 3.30. The minimum Gasteiger partial charge on any atom is -0.480 e. The Kier molecular flexibility index (Phi) is 13.5. The summed E-state index contributed by atoms with van der Waals surface area (Å²) in [6, 6.07) is 18.4. The number of hydrogen-bond donors (Lipinski definition) is 5. The molecule has 2 rings (SSSR count). The van der Waals surface area contributed by atoms with Gasteiger partial charge in [-0.3, -0.25) is 9.59 Å². The van der Waals surface area contributed by atoms with Crippen LogP contribution in [0.1, 0.15) is 42.7 Å². The fourth-order valence-electron chi connectivity index (χ4n) is 4.03. The molecule has 0 spiro atoms. The van der Waals surface area contributed by atoms with Gasteiger partial charge in [0.25, 0.3) is 0 Å². The zero-order valence-corrected chi connectivity index (χ0v) is 22.3. The topological polar surface area (TPSA) is 122 Å². The number of nitrogens with one attached hydrogen (secondary N) is 2. The monoisotopic (exact) mass is 531 g/mol. The lowest BCUT2D eigenvalue weighted by molar-refractivity contribution is -0.142.